The molecular weight excluding hydrogens is 336 g/mol. The average Bonchev–Trinajstić information content (AvgIpc) is 2.61. The standard InChI is InChI=1S/C20H21ClN2O2/c1-14-5-2-6-15(11-14)20(25)23-10-4-7-16(13-23)19(24)22-18-9-3-8-17(21)12-18/h2-3,5-6,8-9,11-12,16H,4,7,10,13H2,1H3,(H,22,24). The Morgan fingerprint density at radius 1 is 1.16 bits per heavy atom. The minimum Gasteiger partial charge on any atom is -0.338 e. The summed E-state index contributed by atoms with van der Waals surface area (Å²) in [6, 6.07) is 14.7. The van der Waals surface area contributed by atoms with Crippen molar-refractivity contribution in [3.63, 3.8) is 0 Å². The summed E-state index contributed by atoms with van der Waals surface area (Å²) in [7, 11) is 0. The van der Waals surface area contributed by atoms with Crippen molar-refractivity contribution in [2.45, 2.75) is 19.8 Å². The van der Waals surface area contributed by atoms with Gasteiger partial charge in [-0.1, -0.05) is 35.4 Å². The molecule has 2 aromatic rings. The average molecular weight is 357 g/mol. The highest BCUT2D eigenvalue weighted by atomic mass is 35.5. The highest BCUT2D eigenvalue weighted by molar-refractivity contribution is 6.30. The van der Waals surface area contributed by atoms with E-state index >= 15 is 0 Å². The molecule has 25 heavy (non-hydrogen) atoms. The third-order valence-corrected chi connectivity index (χ3v) is 4.67. The van der Waals surface area contributed by atoms with E-state index in [-0.39, 0.29) is 17.7 Å². The zero-order chi connectivity index (χ0) is 17.8. The lowest BCUT2D eigenvalue weighted by atomic mass is 9.96. The maximum Gasteiger partial charge on any atom is 0.253 e. The lowest BCUT2D eigenvalue weighted by molar-refractivity contribution is -0.121. The number of aryl methyl sites for hydroxylation is 1. The van der Waals surface area contributed by atoms with Crippen molar-refractivity contribution >= 4 is 29.1 Å². The summed E-state index contributed by atoms with van der Waals surface area (Å²) >= 11 is 5.96. The molecule has 1 fully saturated rings. The van der Waals surface area contributed by atoms with Crippen LogP contribution in [0.5, 0.6) is 0 Å². The Morgan fingerprint density at radius 2 is 1.96 bits per heavy atom. The van der Waals surface area contributed by atoms with Gasteiger partial charge in [0.15, 0.2) is 0 Å². The van der Waals surface area contributed by atoms with Crippen LogP contribution in [0.1, 0.15) is 28.8 Å². The maximum atomic E-state index is 12.7. The second kappa shape index (κ2) is 7.70. The van der Waals surface area contributed by atoms with Gasteiger partial charge in [0, 0.05) is 29.4 Å². The smallest absolute Gasteiger partial charge is 0.253 e. The first-order valence-corrected chi connectivity index (χ1v) is 8.83. The second-order valence-electron chi connectivity index (χ2n) is 6.46. The molecule has 1 saturated heterocycles. The highest BCUT2D eigenvalue weighted by Crippen LogP contribution is 2.22. The normalized spacial score (nSPS) is 17.2. The molecule has 1 aliphatic rings. The molecule has 3 rings (SSSR count). The van der Waals surface area contributed by atoms with Crippen LogP contribution in [-0.4, -0.2) is 29.8 Å². The molecule has 130 valence electrons. The van der Waals surface area contributed by atoms with Gasteiger partial charge in [-0.15, -0.1) is 0 Å². The molecule has 2 amide bonds. The van der Waals surface area contributed by atoms with E-state index in [1.165, 1.54) is 0 Å². The van der Waals surface area contributed by atoms with E-state index in [1.807, 2.05) is 37.3 Å². The molecule has 1 aliphatic heterocycles. The van der Waals surface area contributed by atoms with E-state index in [1.54, 1.807) is 23.1 Å². The van der Waals surface area contributed by atoms with Gasteiger partial charge in [0.2, 0.25) is 5.91 Å². The number of anilines is 1. The number of halogens is 1. The third-order valence-electron chi connectivity index (χ3n) is 4.44. The Kier molecular flexibility index (Phi) is 5.39. The summed E-state index contributed by atoms with van der Waals surface area (Å²) in [5.74, 6) is -0.283. The van der Waals surface area contributed by atoms with Crippen LogP contribution in [-0.2, 0) is 4.79 Å². The summed E-state index contributed by atoms with van der Waals surface area (Å²) < 4.78 is 0. The second-order valence-corrected chi connectivity index (χ2v) is 6.90. The van der Waals surface area contributed by atoms with Crippen LogP contribution >= 0.6 is 11.6 Å². The first-order valence-electron chi connectivity index (χ1n) is 8.45. The van der Waals surface area contributed by atoms with E-state index in [2.05, 4.69) is 5.32 Å². The van der Waals surface area contributed by atoms with Gasteiger partial charge in [-0.2, -0.15) is 0 Å². The van der Waals surface area contributed by atoms with Crippen molar-refractivity contribution in [3.05, 3.63) is 64.7 Å². The first-order chi connectivity index (χ1) is 12.0. The molecule has 0 radical (unpaired) electrons. The van der Waals surface area contributed by atoms with Crippen LogP contribution in [0.3, 0.4) is 0 Å². The number of carbonyl (C=O) groups is 2. The summed E-state index contributed by atoms with van der Waals surface area (Å²) in [6.07, 6.45) is 1.61. The van der Waals surface area contributed by atoms with Gasteiger partial charge in [0.25, 0.3) is 5.91 Å². The van der Waals surface area contributed by atoms with E-state index in [0.29, 0.717) is 29.4 Å². The van der Waals surface area contributed by atoms with Gasteiger partial charge in [-0.25, -0.2) is 0 Å². The fourth-order valence-electron chi connectivity index (χ4n) is 3.15. The van der Waals surface area contributed by atoms with E-state index < -0.39 is 0 Å². The Labute approximate surface area is 152 Å². The molecular formula is C20H21ClN2O2. The van der Waals surface area contributed by atoms with E-state index in [9.17, 15) is 9.59 Å². The number of carbonyl (C=O) groups excluding carboxylic acids is 2. The minimum absolute atomic E-state index is 0.0102. The van der Waals surface area contributed by atoms with Crippen molar-refractivity contribution in [2.75, 3.05) is 18.4 Å². The Morgan fingerprint density at radius 3 is 2.72 bits per heavy atom. The van der Waals surface area contributed by atoms with Gasteiger partial charge >= 0.3 is 0 Å². The number of hydrogen-bond donors (Lipinski definition) is 1. The molecule has 1 unspecified atom stereocenters. The van der Waals surface area contributed by atoms with Crippen LogP contribution in [0.25, 0.3) is 0 Å². The summed E-state index contributed by atoms with van der Waals surface area (Å²) in [5, 5.41) is 3.48. The zero-order valence-electron chi connectivity index (χ0n) is 14.2. The zero-order valence-corrected chi connectivity index (χ0v) is 14.9. The van der Waals surface area contributed by atoms with Crippen molar-refractivity contribution in [1.82, 2.24) is 4.90 Å². The molecule has 5 heteroatoms. The van der Waals surface area contributed by atoms with Gasteiger partial charge in [0.05, 0.1) is 5.92 Å². The molecule has 1 N–H and O–H groups in total. The number of nitrogens with one attached hydrogen (secondary N) is 1. The van der Waals surface area contributed by atoms with Gasteiger partial charge < -0.3 is 10.2 Å². The molecule has 0 bridgehead atoms. The number of piperidine rings is 1. The number of benzene rings is 2. The monoisotopic (exact) mass is 356 g/mol. The van der Waals surface area contributed by atoms with Crippen molar-refractivity contribution < 1.29 is 9.59 Å². The van der Waals surface area contributed by atoms with Crippen molar-refractivity contribution in [3.8, 4) is 0 Å². The van der Waals surface area contributed by atoms with Crippen LogP contribution in [0.4, 0.5) is 5.69 Å². The Hall–Kier alpha value is -2.33. The Balaban J connectivity index is 1.66. The van der Waals surface area contributed by atoms with E-state index in [0.717, 1.165) is 18.4 Å². The summed E-state index contributed by atoms with van der Waals surface area (Å²) in [5.41, 5.74) is 2.41. The lowest BCUT2D eigenvalue weighted by Crippen LogP contribution is -2.43. The number of likely N-dealkylation sites (tertiary alicyclic amines) is 1. The molecule has 0 aromatic heterocycles. The van der Waals surface area contributed by atoms with Crippen LogP contribution in [0.15, 0.2) is 48.5 Å². The third kappa shape index (κ3) is 4.40. The maximum absolute atomic E-state index is 12.7. The topological polar surface area (TPSA) is 49.4 Å². The minimum atomic E-state index is -0.207. The first kappa shape index (κ1) is 17.5. The quantitative estimate of drug-likeness (QED) is 0.898. The fourth-order valence-corrected chi connectivity index (χ4v) is 3.34. The highest BCUT2D eigenvalue weighted by Gasteiger charge is 2.29. The summed E-state index contributed by atoms with van der Waals surface area (Å²) in [6.45, 7) is 3.10. The SMILES string of the molecule is Cc1cccc(C(=O)N2CCCC(C(=O)Nc3cccc(Cl)c3)C2)c1. The Bertz CT molecular complexity index is 791. The lowest BCUT2D eigenvalue weighted by Gasteiger charge is -2.32. The van der Waals surface area contributed by atoms with Crippen LogP contribution in [0, 0.1) is 12.8 Å². The molecule has 0 spiro atoms. The number of rotatable bonds is 3. The predicted octanol–water partition coefficient (Wildman–Crippen LogP) is 4.14. The number of hydrogen-bond acceptors (Lipinski definition) is 2. The molecule has 0 saturated carbocycles. The number of nitrogens with zero attached hydrogens (tertiary/aromatic N) is 1. The van der Waals surface area contributed by atoms with Crippen molar-refractivity contribution in [2.24, 2.45) is 5.92 Å². The molecule has 1 atom stereocenters. The summed E-state index contributed by atoms with van der Waals surface area (Å²) in [4.78, 5) is 27.0. The number of amides is 2. The molecule has 1 heterocycles. The van der Waals surface area contributed by atoms with Gasteiger partial charge in [-0.3, -0.25) is 9.59 Å². The van der Waals surface area contributed by atoms with E-state index in [4.69, 9.17) is 11.6 Å². The van der Waals surface area contributed by atoms with Gasteiger partial charge in [-0.05, 0) is 50.1 Å². The van der Waals surface area contributed by atoms with Crippen molar-refractivity contribution in [1.29, 1.82) is 0 Å². The fraction of sp³-hybridized carbons (Fsp3) is 0.300. The molecule has 2 aromatic carbocycles. The largest absolute Gasteiger partial charge is 0.338 e. The molecule has 0 aliphatic carbocycles. The molecule has 4 nitrogen and oxygen atoms in total. The van der Waals surface area contributed by atoms with Gasteiger partial charge in [0.1, 0.15) is 0 Å². The predicted molar refractivity (Wildman–Crippen MR) is 99.9 cm³/mol. The van der Waals surface area contributed by atoms with Crippen LogP contribution < -0.4 is 5.32 Å². The van der Waals surface area contributed by atoms with Crippen LogP contribution in [0.2, 0.25) is 5.02 Å².